The third kappa shape index (κ3) is 4.58. The Morgan fingerprint density at radius 1 is 1.31 bits per heavy atom. The van der Waals surface area contributed by atoms with Crippen LogP contribution in [-0.2, 0) is 19.1 Å². The number of carbonyl (C=O) groups is 3. The van der Waals surface area contributed by atoms with Crippen LogP contribution in [0.5, 0.6) is 0 Å². The number of para-hydroxylation sites is 1. The lowest BCUT2D eigenvalue weighted by Gasteiger charge is -2.24. The Morgan fingerprint density at radius 3 is 2.77 bits per heavy atom. The van der Waals surface area contributed by atoms with E-state index in [0.717, 1.165) is 36.3 Å². The first-order valence-corrected chi connectivity index (χ1v) is 10.0. The summed E-state index contributed by atoms with van der Waals surface area (Å²) in [5.41, 5.74) is 0.759. The Bertz CT molecular complexity index is 688. The van der Waals surface area contributed by atoms with Gasteiger partial charge in [-0.1, -0.05) is 31.9 Å². The molecule has 140 valence electrons. The van der Waals surface area contributed by atoms with Gasteiger partial charge in [-0.15, -0.1) is 11.8 Å². The average Bonchev–Trinajstić information content (AvgIpc) is 3.13. The molecule has 1 saturated carbocycles. The van der Waals surface area contributed by atoms with Crippen LogP contribution in [0.15, 0.2) is 29.2 Å². The van der Waals surface area contributed by atoms with Gasteiger partial charge in [0.05, 0.1) is 17.4 Å². The minimum absolute atomic E-state index is 0.0575. The van der Waals surface area contributed by atoms with E-state index in [4.69, 9.17) is 4.74 Å². The van der Waals surface area contributed by atoms with Gasteiger partial charge >= 0.3 is 5.97 Å². The van der Waals surface area contributed by atoms with Crippen LogP contribution in [-0.4, -0.2) is 35.2 Å². The molecule has 6 nitrogen and oxygen atoms in total. The van der Waals surface area contributed by atoms with Crippen molar-refractivity contribution in [2.24, 2.45) is 0 Å². The molecule has 0 bridgehead atoms. The van der Waals surface area contributed by atoms with E-state index in [1.807, 2.05) is 31.2 Å². The SMILES string of the molecule is CC[C@H](OC(=O)C[C@H]1Sc2ccccc2NC1=O)C(=O)NC1CCCC1. The van der Waals surface area contributed by atoms with Gasteiger partial charge in [0, 0.05) is 10.9 Å². The fourth-order valence-corrected chi connectivity index (χ4v) is 4.37. The van der Waals surface area contributed by atoms with Gasteiger partial charge in [-0.3, -0.25) is 14.4 Å². The quantitative estimate of drug-likeness (QED) is 0.746. The van der Waals surface area contributed by atoms with E-state index in [-0.39, 0.29) is 24.3 Å². The maximum atomic E-state index is 12.3. The van der Waals surface area contributed by atoms with Gasteiger partial charge in [-0.25, -0.2) is 0 Å². The van der Waals surface area contributed by atoms with Crippen molar-refractivity contribution in [1.29, 1.82) is 0 Å². The molecule has 2 aliphatic rings. The number of carbonyl (C=O) groups excluding carboxylic acids is 3. The van der Waals surface area contributed by atoms with E-state index in [9.17, 15) is 14.4 Å². The van der Waals surface area contributed by atoms with Crippen molar-refractivity contribution in [1.82, 2.24) is 5.32 Å². The number of hydrogen-bond donors (Lipinski definition) is 2. The number of rotatable bonds is 6. The van der Waals surface area contributed by atoms with Crippen LogP contribution in [0.25, 0.3) is 0 Å². The molecule has 0 aromatic heterocycles. The summed E-state index contributed by atoms with van der Waals surface area (Å²) in [6.45, 7) is 1.81. The monoisotopic (exact) mass is 376 g/mol. The Morgan fingerprint density at radius 2 is 2.04 bits per heavy atom. The minimum Gasteiger partial charge on any atom is -0.452 e. The lowest BCUT2D eigenvalue weighted by Crippen LogP contribution is -2.42. The van der Waals surface area contributed by atoms with Crippen LogP contribution >= 0.6 is 11.8 Å². The number of thioether (sulfide) groups is 1. The topological polar surface area (TPSA) is 84.5 Å². The number of fused-ring (bicyclic) bond motifs is 1. The van der Waals surface area contributed by atoms with Crippen molar-refractivity contribution in [3.63, 3.8) is 0 Å². The van der Waals surface area contributed by atoms with Crippen LogP contribution < -0.4 is 10.6 Å². The Hall–Kier alpha value is -2.02. The molecule has 0 spiro atoms. The van der Waals surface area contributed by atoms with Gasteiger partial charge in [0.25, 0.3) is 5.91 Å². The normalized spacial score (nSPS) is 20.8. The molecular formula is C19H24N2O4S. The Balaban J connectivity index is 1.53. The summed E-state index contributed by atoms with van der Waals surface area (Å²) in [4.78, 5) is 37.7. The van der Waals surface area contributed by atoms with Crippen molar-refractivity contribution < 1.29 is 19.1 Å². The summed E-state index contributed by atoms with van der Waals surface area (Å²) >= 11 is 1.35. The molecule has 1 fully saturated rings. The van der Waals surface area contributed by atoms with Gasteiger partial charge in [-0.05, 0) is 31.4 Å². The van der Waals surface area contributed by atoms with Gasteiger partial charge in [0.1, 0.15) is 0 Å². The maximum Gasteiger partial charge on any atom is 0.308 e. The van der Waals surface area contributed by atoms with Crippen LogP contribution in [0.2, 0.25) is 0 Å². The molecule has 3 rings (SSSR count). The lowest BCUT2D eigenvalue weighted by atomic mass is 10.2. The van der Waals surface area contributed by atoms with Crippen molar-refractivity contribution in [2.45, 2.75) is 67.7 Å². The van der Waals surface area contributed by atoms with Gasteiger partial charge in [0.15, 0.2) is 6.10 Å². The van der Waals surface area contributed by atoms with Crippen LogP contribution in [0, 0.1) is 0 Å². The second kappa shape index (κ2) is 8.58. The molecule has 0 radical (unpaired) electrons. The van der Waals surface area contributed by atoms with Crippen LogP contribution in [0.1, 0.15) is 45.4 Å². The third-order valence-electron chi connectivity index (χ3n) is 4.70. The van der Waals surface area contributed by atoms with E-state index in [0.29, 0.717) is 6.42 Å². The fraction of sp³-hybridized carbons (Fsp3) is 0.526. The number of esters is 1. The molecule has 7 heteroatoms. The average molecular weight is 376 g/mol. The number of benzene rings is 1. The zero-order chi connectivity index (χ0) is 18.5. The highest BCUT2D eigenvalue weighted by molar-refractivity contribution is 8.01. The first-order valence-electron chi connectivity index (χ1n) is 9.13. The Labute approximate surface area is 157 Å². The molecular weight excluding hydrogens is 352 g/mol. The largest absolute Gasteiger partial charge is 0.452 e. The van der Waals surface area contributed by atoms with Crippen molar-refractivity contribution in [3.8, 4) is 0 Å². The number of amides is 2. The maximum absolute atomic E-state index is 12.3. The second-order valence-corrected chi connectivity index (χ2v) is 7.92. The van der Waals surface area contributed by atoms with E-state index >= 15 is 0 Å². The molecule has 1 heterocycles. The smallest absolute Gasteiger partial charge is 0.308 e. The minimum atomic E-state index is -0.799. The number of hydrogen-bond acceptors (Lipinski definition) is 5. The third-order valence-corrected chi connectivity index (χ3v) is 5.97. The highest BCUT2D eigenvalue weighted by Crippen LogP contribution is 2.36. The number of ether oxygens (including phenoxy) is 1. The van der Waals surface area contributed by atoms with Crippen molar-refractivity contribution in [3.05, 3.63) is 24.3 Å². The zero-order valence-corrected chi connectivity index (χ0v) is 15.6. The molecule has 2 atom stereocenters. The summed E-state index contributed by atoms with van der Waals surface area (Å²) in [7, 11) is 0. The van der Waals surface area contributed by atoms with E-state index in [1.165, 1.54) is 11.8 Å². The number of anilines is 1. The van der Waals surface area contributed by atoms with Crippen LogP contribution in [0.3, 0.4) is 0 Å². The summed E-state index contributed by atoms with van der Waals surface area (Å²) in [5, 5.41) is 5.22. The lowest BCUT2D eigenvalue weighted by molar-refractivity contribution is -0.156. The van der Waals surface area contributed by atoms with Gasteiger partial charge in [0.2, 0.25) is 5.91 Å². The zero-order valence-electron chi connectivity index (χ0n) is 14.8. The molecule has 1 aliphatic carbocycles. The van der Waals surface area contributed by atoms with Crippen molar-refractivity contribution in [2.75, 3.05) is 5.32 Å². The molecule has 1 aromatic carbocycles. The van der Waals surface area contributed by atoms with Gasteiger partial charge in [-0.2, -0.15) is 0 Å². The molecule has 26 heavy (non-hydrogen) atoms. The molecule has 1 aliphatic heterocycles. The highest BCUT2D eigenvalue weighted by atomic mass is 32.2. The summed E-state index contributed by atoms with van der Waals surface area (Å²) in [6.07, 6.45) is 3.76. The molecule has 0 unspecified atom stereocenters. The van der Waals surface area contributed by atoms with E-state index in [1.54, 1.807) is 0 Å². The molecule has 2 N–H and O–H groups in total. The van der Waals surface area contributed by atoms with Crippen LogP contribution in [0.4, 0.5) is 5.69 Å². The molecule has 2 amide bonds. The number of nitrogens with one attached hydrogen (secondary N) is 2. The first-order chi connectivity index (χ1) is 12.6. The second-order valence-electron chi connectivity index (χ2n) is 6.67. The molecule has 1 aromatic rings. The summed E-state index contributed by atoms with van der Waals surface area (Å²) in [5.74, 6) is -0.974. The summed E-state index contributed by atoms with van der Waals surface area (Å²) < 4.78 is 5.37. The fourth-order valence-electron chi connectivity index (χ4n) is 3.27. The predicted molar refractivity (Wildman–Crippen MR) is 99.9 cm³/mol. The first kappa shape index (κ1) is 18.8. The van der Waals surface area contributed by atoms with Gasteiger partial charge < -0.3 is 15.4 Å². The van der Waals surface area contributed by atoms with Crippen molar-refractivity contribution >= 4 is 35.2 Å². The predicted octanol–water partition coefficient (Wildman–Crippen LogP) is 2.87. The standard InChI is InChI=1S/C19H24N2O4S/c1-2-14(18(23)20-12-7-3-4-8-12)25-17(22)11-16-19(24)21-13-9-5-6-10-15(13)26-16/h5-6,9-10,12,14,16H,2-4,7-8,11H2,1H3,(H,20,23)(H,21,24)/t14-,16+/m0/s1. The highest BCUT2D eigenvalue weighted by Gasteiger charge is 2.31. The van der Waals surface area contributed by atoms with E-state index in [2.05, 4.69) is 10.6 Å². The summed E-state index contributed by atoms with van der Waals surface area (Å²) in [6, 6.07) is 7.66. The molecule has 0 saturated heterocycles. The Kier molecular flexibility index (Phi) is 6.19. The van der Waals surface area contributed by atoms with E-state index < -0.39 is 17.3 Å².